The van der Waals surface area contributed by atoms with Crippen LogP contribution in [-0.4, -0.2) is 24.0 Å². The number of anilines is 1. The Hall–Kier alpha value is -1.88. The summed E-state index contributed by atoms with van der Waals surface area (Å²) in [6.45, 7) is 4.84. The second-order valence-corrected chi connectivity index (χ2v) is 5.99. The molecule has 21 heavy (non-hydrogen) atoms. The van der Waals surface area contributed by atoms with E-state index in [2.05, 4.69) is 48.2 Å². The number of rotatable bonds is 6. The highest BCUT2D eigenvalue weighted by molar-refractivity contribution is 7.07. The molecule has 0 radical (unpaired) electrons. The minimum atomic E-state index is 0.00269. The molecule has 0 saturated heterocycles. The number of carbonyl (C=O) groups is 1. The zero-order valence-electron chi connectivity index (χ0n) is 12.7. The summed E-state index contributed by atoms with van der Waals surface area (Å²) in [5.74, 6) is 0.00269. The molecule has 0 unspecified atom stereocenters. The topological polar surface area (TPSA) is 45.2 Å². The van der Waals surface area contributed by atoms with Gasteiger partial charge in [-0.2, -0.15) is 0 Å². The lowest BCUT2D eigenvalue weighted by molar-refractivity contribution is -0.120. The minimum Gasteiger partial charge on any atom is -0.372 e. The largest absolute Gasteiger partial charge is 0.372 e. The predicted octanol–water partition coefficient (Wildman–Crippen LogP) is 2.85. The Morgan fingerprint density at radius 3 is 2.81 bits per heavy atom. The van der Waals surface area contributed by atoms with Gasteiger partial charge < -0.3 is 10.2 Å². The fraction of sp³-hybridized carbons (Fsp3) is 0.375. The Labute approximate surface area is 129 Å². The molecular weight excluding hydrogens is 282 g/mol. The summed E-state index contributed by atoms with van der Waals surface area (Å²) in [6.07, 6.45) is 0.339. The molecule has 0 aliphatic heterocycles. The Morgan fingerprint density at radius 2 is 2.14 bits per heavy atom. The molecule has 1 heterocycles. The van der Waals surface area contributed by atoms with E-state index in [1.807, 2.05) is 17.5 Å². The van der Waals surface area contributed by atoms with Crippen molar-refractivity contribution in [2.45, 2.75) is 32.9 Å². The van der Waals surface area contributed by atoms with E-state index >= 15 is 0 Å². The molecule has 0 bridgehead atoms. The average Bonchev–Trinajstić information content (AvgIpc) is 2.97. The third kappa shape index (κ3) is 4.29. The highest BCUT2D eigenvalue weighted by Crippen LogP contribution is 2.20. The van der Waals surface area contributed by atoms with E-state index in [1.165, 1.54) is 11.3 Å². The SMILES string of the molecule is CC(C)N(C)c1ccccc1CNC(=O)Cc1cscn1. The van der Waals surface area contributed by atoms with Gasteiger partial charge in [0.25, 0.3) is 0 Å². The normalized spacial score (nSPS) is 10.7. The fourth-order valence-corrected chi connectivity index (χ4v) is 2.59. The van der Waals surface area contributed by atoms with Crippen molar-refractivity contribution in [3.63, 3.8) is 0 Å². The van der Waals surface area contributed by atoms with E-state index in [0.29, 0.717) is 19.0 Å². The minimum absolute atomic E-state index is 0.00269. The van der Waals surface area contributed by atoms with Crippen LogP contribution in [0.3, 0.4) is 0 Å². The third-order valence-corrected chi connectivity index (χ3v) is 4.08. The van der Waals surface area contributed by atoms with Crippen LogP contribution < -0.4 is 10.2 Å². The van der Waals surface area contributed by atoms with Crippen LogP contribution in [0.15, 0.2) is 35.2 Å². The number of nitrogens with one attached hydrogen (secondary N) is 1. The van der Waals surface area contributed by atoms with E-state index in [1.54, 1.807) is 5.51 Å². The number of nitrogens with zero attached hydrogens (tertiary/aromatic N) is 2. The molecular formula is C16H21N3OS. The molecule has 1 aromatic carbocycles. The van der Waals surface area contributed by atoms with Gasteiger partial charge in [-0.05, 0) is 25.5 Å². The molecule has 0 saturated carbocycles. The summed E-state index contributed by atoms with van der Waals surface area (Å²) in [4.78, 5) is 18.3. The molecule has 2 aromatic rings. The maximum atomic E-state index is 11.9. The van der Waals surface area contributed by atoms with E-state index in [4.69, 9.17) is 0 Å². The summed E-state index contributed by atoms with van der Waals surface area (Å²) in [5, 5.41) is 4.87. The number of thiazole rings is 1. The Kier molecular flexibility index (Phi) is 5.33. The van der Waals surface area contributed by atoms with Gasteiger partial charge in [0.1, 0.15) is 0 Å². The Bertz CT molecular complexity index is 581. The summed E-state index contributed by atoms with van der Waals surface area (Å²) in [7, 11) is 2.07. The zero-order valence-corrected chi connectivity index (χ0v) is 13.5. The number of benzene rings is 1. The first kappa shape index (κ1) is 15.5. The van der Waals surface area contributed by atoms with Gasteiger partial charge in [0.15, 0.2) is 0 Å². The first-order valence-corrected chi connectivity index (χ1v) is 7.96. The highest BCUT2D eigenvalue weighted by Gasteiger charge is 2.11. The highest BCUT2D eigenvalue weighted by atomic mass is 32.1. The van der Waals surface area contributed by atoms with Gasteiger partial charge in [-0.25, -0.2) is 4.98 Å². The van der Waals surface area contributed by atoms with Crippen molar-refractivity contribution < 1.29 is 4.79 Å². The predicted molar refractivity (Wildman–Crippen MR) is 87.6 cm³/mol. The maximum absolute atomic E-state index is 11.9. The van der Waals surface area contributed by atoms with Crippen LogP contribution in [0, 0.1) is 0 Å². The van der Waals surface area contributed by atoms with Crippen LogP contribution >= 0.6 is 11.3 Å². The van der Waals surface area contributed by atoms with E-state index in [-0.39, 0.29) is 5.91 Å². The van der Waals surface area contributed by atoms with Gasteiger partial charge in [0.05, 0.1) is 17.6 Å². The smallest absolute Gasteiger partial charge is 0.226 e. The fourth-order valence-electron chi connectivity index (χ4n) is 2.03. The van der Waals surface area contributed by atoms with Crippen molar-refractivity contribution in [1.82, 2.24) is 10.3 Å². The van der Waals surface area contributed by atoms with Crippen LogP contribution in [-0.2, 0) is 17.8 Å². The van der Waals surface area contributed by atoms with E-state index in [0.717, 1.165) is 16.9 Å². The Morgan fingerprint density at radius 1 is 1.38 bits per heavy atom. The summed E-state index contributed by atoms with van der Waals surface area (Å²) in [5.41, 5.74) is 4.85. The van der Waals surface area contributed by atoms with Crippen LogP contribution in [0.1, 0.15) is 25.1 Å². The number of hydrogen-bond donors (Lipinski definition) is 1. The quantitative estimate of drug-likeness (QED) is 0.892. The van der Waals surface area contributed by atoms with Gasteiger partial charge in [-0.1, -0.05) is 18.2 Å². The third-order valence-electron chi connectivity index (χ3n) is 3.45. The van der Waals surface area contributed by atoms with Gasteiger partial charge >= 0.3 is 0 Å². The van der Waals surface area contributed by atoms with Crippen LogP contribution in [0.2, 0.25) is 0 Å². The van der Waals surface area contributed by atoms with E-state index in [9.17, 15) is 4.79 Å². The van der Waals surface area contributed by atoms with Gasteiger partial charge in [0, 0.05) is 30.7 Å². The second-order valence-electron chi connectivity index (χ2n) is 5.27. The molecule has 5 heteroatoms. The van der Waals surface area contributed by atoms with Crippen LogP contribution in [0.5, 0.6) is 0 Å². The second kappa shape index (κ2) is 7.22. The number of carbonyl (C=O) groups excluding carboxylic acids is 1. The van der Waals surface area contributed by atoms with Crippen molar-refractivity contribution in [3.8, 4) is 0 Å². The van der Waals surface area contributed by atoms with Crippen LogP contribution in [0.4, 0.5) is 5.69 Å². The zero-order chi connectivity index (χ0) is 15.2. The molecule has 4 nitrogen and oxygen atoms in total. The molecule has 1 N–H and O–H groups in total. The number of amides is 1. The first-order valence-electron chi connectivity index (χ1n) is 7.02. The monoisotopic (exact) mass is 303 g/mol. The van der Waals surface area contributed by atoms with Crippen molar-refractivity contribution in [1.29, 1.82) is 0 Å². The van der Waals surface area contributed by atoms with Crippen LogP contribution in [0.25, 0.3) is 0 Å². The van der Waals surface area contributed by atoms with Gasteiger partial charge in [-0.3, -0.25) is 4.79 Å². The lowest BCUT2D eigenvalue weighted by Gasteiger charge is -2.26. The molecule has 0 aliphatic rings. The lowest BCUT2D eigenvalue weighted by Crippen LogP contribution is -2.29. The van der Waals surface area contributed by atoms with E-state index < -0.39 is 0 Å². The molecule has 1 aromatic heterocycles. The molecule has 2 rings (SSSR count). The summed E-state index contributed by atoms with van der Waals surface area (Å²) >= 11 is 1.51. The standard InChI is InChI=1S/C16H21N3OS/c1-12(2)19(3)15-7-5-4-6-13(15)9-17-16(20)8-14-10-21-11-18-14/h4-7,10-12H,8-9H2,1-3H3,(H,17,20). The Balaban J connectivity index is 1.98. The van der Waals surface area contributed by atoms with Crippen molar-refractivity contribution in [3.05, 3.63) is 46.4 Å². The molecule has 0 aliphatic carbocycles. The maximum Gasteiger partial charge on any atom is 0.226 e. The molecule has 1 amide bonds. The number of para-hydroxylation sites is 1. The first-order chi connectivity index (χ1) is 10.1. The summed E-state index contributed by atoms with van der Waals surface area (Å²) < 4.78 is 0. The lowest BCUT2D eigenvalue weighted by atomic mass is 10.1. The number of hydrogen-bond acceptors (Lipinski definition) is 4. The molecule has 0 spiro atoms. The summed E-state index contributed by atoms with van der Waals surface area (Å²) in [6, 6.07) is 8.57. The number of aromatic nitrogens is 1. The molecule has 0 fully saturated rings. The van der Waals surface area contributed by atoms with Crippen molar-refractivity contribution in [2.24, 2.45) is 0 Å². The molecule has 112 valence electrons. The van der Waals surface area contributed by atoms with Crippen molar-refractivity contribution >= 4 is 22.9 Å². The van der Waals surface area contributed by atoms with Crippen molar-refractivity contribution in [2.75, 3.05) is 11.9 Å². The average molecular weight is 303 g/mol. The molecule has 0 atom stereocenters. The van der Waals surface area contributed by atoms with Gasteiger partial charge in [-0.15, -0.1) is 11.3 Å². The van der Waals surface area contributed by atoms with Gasteiger partial charge in [0.2, 0.25) is 5.91 Å².